The van der Waals surface area contributed by atoms with Gasteiger partial charge < -0.3 is 5.73 Å². The molecule has 0 saturated carbocycles. The summed E-state index contributed by atoms with van der Waals surface area (Å²) in [7, 11) is 0. The van der Waals surface area contributed by atoms with E-state index in [4.69, 9.17) is 5.73 Å². The van der Waals surface area contributed by atoms with E-state index in [1.165, 1.54) is 0 Å². The van der Waals surface area contributed by atoms with Crippen LogP contribution in [-0.4, -0.2) is 20.2 Å². The number of hydrogen-bond acceptors (Lipinski definition) is 4. The number of nitrogens with one attached hydrogen (secondary N) is 1. The van der Waals surface area contributed by atoms with Crippen LogP contribution in [0.1, 0.15) is 12.6 Å². The molecule has 3 rings (SSSR count). The van der Waals surface area contributed by atoms with Crippen LogP contribution in [0.2, 0.25) is 0 Å². The van der Waals surface area contributed by atoms with Gasteiger partial charge in [0.1, 0.15) is 17.0 Å². The van der Waals surface area contributed by atoms with Crippen LogP contribution in [0.5, 0.6) is 0 Å². The number of benzene rings is 1. The minimum absolute atomic E-state index is 0.0400. The van der Waals surface area contributed by atoms with Gasteiger partial charge >= 0.3 is 0 Å². The molecule has 3 N–H and O–H groups in total. The van der Waals surface area contributed by atoms with Gasteiger partial charge in [0.25, 0.3) is 0 Å². The Labute approximate surface area is 117 Å². The molecule has 3 aromatic rings. The molecule has 0 aliphatic carbocycles. The fourth-order valence-electron chi connectivity index (χ4n) is 2.07. The molecule has 8 heteroatoms. The second-order valence-corrected chi connectivity index (χ2v) is 4.43. The molecule has 0 amide bonds. The van der Waals surface area contributed by atoms with Crippen LogP contribution >= 0.6 is 0 Å². The molecule has 0 saturated heterocycles. The lowest BCUT2D eigenvalue weighted by Gasteiger charge is -2.05. The Bertz CT molecular complexity index is 843. The standard InChI is InChI=1S/C13H10F3N5/c1-2-8-9(16)12(17)19-13(18-8)11-6-3-5(14)4-7(15)10(6)20-21-11/h3-4H,2H2,1H3,(H,20,21)(H2,17,18,19). The first-order valence-corrected chi connectivity index (χ1v) is 6.16. The summed E-state index contributed by atoms with van der Waals surface area (Å²) in [6.07, 6.45) is 0.306. The summed E-state index contributed by atoms with van der Waals surface area (Å²) in [6.45, 7) is 1.71. The predicted octanol–water partition coefficient (Wildman–Crippen LogP) is 2.58. The smallest absolute Gasteiger partial charge is 0.186 e. The van der Waals surface area contributed by atoms with Crippen molar-refractivity contribution in [3.05, 3.63) is 35.3 Å². The van der Waals surface area contributed by atoms with Crippen LogP contribution in [0.15, 0.2) is 12.1 Å². The highest BCUT2D eigenvalue weighted by atomic mass is 19.1. The molecule has 2 heterocycles. The van der Waals surface area contributed by atoms with Crippen molar-refractivity contribution in [1.29, 1.82) is 0 Å². The number of nitrogens with zero attached hydrogens (tertiary/aromatic N) is 3. The first kappa shape index (κ1) is 13.3. The van der Waals surface area contributed by atoms with E-state index in [9.17, 15) is 13.2 Å². The molecule has 0 atom stereocenters. The Hall–Kier alpha value is -2.64. The molecule has 5 nitrogen and oxygen atoms in total. The maximum absolute atomic E-state index is 13.7. The van der Waals surface area contributed by atoms with Crippen LogP contribution < -0.4 is 5.73 Å². The lowest BCUT2D eigenvalue weighted by Crippen LogP contribution is -2.05. The number of aromatic nitrogens is 4. The molecule has 2 aromatic heterocycles. The van der Waals surface area contributed by atoms with E-state index in [1.54, 1.807) is 6.92 Å². The number of anilines is 1. The molecule has 0 aliphatic heterocycles. The van der Waals surface area contributed by atoms with E-state index < -0.39 is 17.5 Å². The van der Waals surface area contributed by atoms with Crippen molar-refractivity contribution in [3.63, 3.8) is 0 Å². The molecule has 108 valence electrons. The Morgan fingerprint density at radius 1 is 1.19 bits per heavy atom. The highest BCUT2D eigenvalue weighted by molar-refractivity contribution is 5.91. The largest absolute Gasteiger partial charge is 0.381 e. The summed E-state index contributed by atoms with van der Waals surface area (Å²) in [5.74, 6) is -2.54. The lowest BCUT2D eigenvalue weighted by molar-refractivity contribution is 0.590. The zero-order chi connectivity index (χ0) is 15.1. The second-order valence-electron chi connectivity index (χ2n) is 4.43. The number of fused-ring (bicyclic) bond motifs is 1. The van der Waals surface area contributed by atoms with Crippen LogP contribution in [0, 0.1) is 17.5 Å². The van der Waals surface area contributed by atoms with Gasteiger partial charge in [-0.15, -0.1) is 0 Å². The van der Waals surface area contributed by atoms with Crippen LogP contribution in [0.25, 0.3) is 22.4 Å². The van der Waals surface area contributed by atoms with Crippen molar-refractivity contribution in [3.8, 4) is 11.5 Å². The number of halogens is 3. The van der Waals surface area contributed by atoms with E-state index >= 15 is 0 Å². The number of hydrogen-bond donors (Lipinski definition) is 2. The SMILES string of the molecule is CCc1nc(-c2[nH]nc3c(F)cc(F)cc23)nc(N)c1F. The van der Waals surface area contributed by atoms with Crippen LogP contribution in [-0.2, 0) is 6.42 Å². The van der Waals surface area contributed by atoms with Gasteiger partial charge in [-0.2, -0.15) is 5.10 Å². The van der Waals surface area contributed by atoms with Gasteiger partial charge in [0.15, 0.2) is 23.3 Å². The number of aryl methyl sites for hydroxylation is 1. The van der Waals surface area contributed by atoms with Gasteiger partial charge in [0, 0.05) is 11.5 Å². The maximum Gasteiger partial charge on any atom is 0.186 e. The van der Waals surface area contributed by atoms with Gasteiger partial charge in [0.2, 0.25) is 0 Å². The van der Waals surface area contributed by atoms with Gasteiger partial charge in [-0.05, 0) is 12.5 Å². The molecule has 0 spiro atoms. The highest BCUT2D eigenvalue weighted by Gasteiger charge is 2.18. The normalized spacial score (nSPS) is 11.2. The fraction of sp³-hybridized carbons (Fsp3) is 0.154. The van der Waals surface area contributed by atoms with Crippen molar-refractivity contribution in [2.45, 2.75) is 13.3 Å². The average molecular weight is 293 g/mol. The number of rotatable bonds is 2. The zero-order valence-electron chi connectivity index (χ0n) is 10.9. The van der Waals surface area contributed by atoms with Gasteiger partial charge in [-0.1, -0.05) is 6.92 Å². The second kappa shape index (κ2) is 4.72. The molecular weight excluding hydrogens is 283 g/mol. The van der Waals surface area contributed by atoms with Crippen molar-refractivity contribution in [1.82, 2.24) is 20.2 Å². The highest BCUT2D eigenvalue weighted by Crippen LogP contribution is 2.27. The Balaban J connectivity index is 2.28. The number of nitrogen functional groups attached to an aromatic ring is 1. The van der Waals surface area contributed by atoms with E-state index in [2.05, 4.69) is 20.2 Å². The van der Waals surface area contributed by atoms with Crippen LogP contribution in [0.4, 0.5) is 19.0 Å². The molecule has 0 unspecified atom stereocenters. The Morgan fingerprint density at radius 2 is 1.95 bits per heavy atom. The van der Waals surface area contributed by atoms with E-state index in [1.807, 2.05) is 0 Å². The van der Waals surface area contributed by atoms with Crippen molar-refractivity contribution in [2.24, 2.45) is 0 Å². The number of H-pyrrole nitrogens is 1. The third kappa shape index (κ3) is 2.08. The summed E-state index contributed by atoms with van der Waals surface area (Å²) in [5, 5.41) is 6.47. The molecule has 1 aromatic carbocycles. The van der Waals surface area contributed by atoms with Crippen molar-refractivity contribution >= 4 is 16.7 Å². The number of nitrogens with two attached hydrogens (primary N) is 1. The van der Waals surface area contributed by atoms with E-state index in [0.717, 1.165) is 12.1 Å². The topological polar surface area (TPSA) is 80.5 Å². The molecule has 21 heavy (non-hydrogen) atoms. The number of aromatic amines is 1. The lowest BCUT2D eigenvalue weighted by atomic mass is 10.2. The quantitative estimate of drug-likeness (QED) is 0.761. The third-order valence-corrected chi connectivity index (χ3v) is 3.08. The van der Waals surface area contributed by atoms with Crippen molar-refractivity contribution in [2.75, 3.05) is 5.73 Å². The maximum atomic E-state index is 13.7. The summed E-state index contributed by atoms with van der Waals surface area (Å²) < 4.78 is 40.6. The van der Waals surface area contributed by atoms with Gasteiger partial charge in [0.05, 0.1) is 5.69 Å². The Kier molecular flexibility index (Phi) is 3.00. The fourth-order valence-corrected chi connectivity index (χ4v) is 2.07. The first-order valence-electron chi connectivity index (χ1n) is 6.16. The molecule has 0 fully saturated rings. The van der Waals surface area contributed by atoms with E-state index in [0.29, 0.717) is 6.42 Å². The van der Waals surface area contributed by atoms with Gasteiger partial charge in [-0.3, -0.25) is 5.10 Å². The average Bonchev–Trinajstić information content (AvgIpc) is 2.85. The van der Waals surface area contributed by atoms with Crippen LogP contribution in [0.3, 0.4) is 0 Å². The van der Waals surface area contributed by atoms with Gasteiger partial charge in [-0.25, -0.2) is 23.1 Å². The minimum Gasteiger partial charge on any atom is -0.381 e. The molecule has 0 radical (unpaired) electrons. The summed E-state index contributed by atoms with van der Waals surface area (Å²) in [6, 6.07) is 1.83. The summed E-state index contributed by atoms with van der Waals surface area (Å²) >= 11 is 0. The first-order chi connectivity index (χ1) is 10.0. The zero-order valence-corrected chi connectivity index (χ0v) is 10.9. The molecule has 0 aliphatic rings. The van der Waals surface area contributed by atoms with E-state index in [-0.39, 0.29) is 33.9 Å². The summed E-state index contributed by atoms with van der Waals surface area (Å²) in [4.78, 5) is 7.83. The Morgan fingerprint density at radius 3 is 2.67 bits per heavy atom. The van der Waals surface area contributed by atoms with Crippen molar-refractivity contribution < 1.29 is 13.2 Å². The third-order valence-electron chi connectivity index (χ3n) is 3.08. The predicted molar refractivity (Wildman–Crippen MR) is 70.8 cm³/mol. The summed E-state index contributed by atoms with van der Waals surface area (Å²) in [5.41, 5.74) is 5.76. The molecule has 0 bridgehead atoms. The minimum atomic E-state index is -0.807. The monoisotopic (exact) mass is 293 g/mol. The molecular formula is C13H10F3N5.